The van der Waals surface area contributed by atoms with Gasteiger partial charge in [-0.05, 0) is 37.5 Å². The standard InChI is InChI=1S/C15H21NO2/c1-10-4-11(2)14(12(3)5-10)6-15(18)16-7-13(8-16)9-17/h4-5,13,17H,6-9H2,1-3H3. The van der Waals surface area contributed by atoms with Gasteiger partial charge in [0.25, 0.3) is 0 Å². The summed E-state index contributed by atoms with van der Waals surface area (Å²) in [4.78, 5) is 13.9. The lowest BCUT2D eigenvalue weighted by Crippen LogP contribution is -2.51. The van der Waals surface area contributed by atoms with Crippen molar-refractivity contribution in [1.29, 1.82) is 0 Å². The van der Waals surface area contributed by atoms with Crippen molar-refractivity contribution >= 4 is 5.91 Å². The average Bonchev–Trinajstić information content (AvgIpc) is 2.21. The number of aliphatic hydroxyl groups is 1. The van der Waals surface area contributed by atoms with Crippen LogP contribution < -0.4 is 0 Å². The molecule has 3 nitrogen and oxygen atoms in total. The van der Waals surface area contributed by atoms with E-state index in [4.69, 9.17) is 5.11 Å². The third-order valence-corrected chi connectivity index (χ3v) is 3.74. The van der Waals surface area contributed by atoms with Crippen LogP contribution in [0.2, 0.25) is 0 Å². The fraction of sp³-hybridized carbons (Fsp3) is 0.533. The van der Waals surface area contributed by atoms with E-state index < -0.39 is 0 Å². The lowest BCUT2D eigenvalue weighted by molar-refractivity contribution is -0.137. The molecule has 0 spiro atoms. The Morgan fingerprint density at radius 2 is 1.83 bits per heavy atom. The number of carbonyl (C=O) groups excluding carboxylic acids is 1. The van der Waals surface area contributed by atoms with Crippen molar-refractivity contribution in [3.63, 3.8) is 0 Å². The van der Waals surface area contributed by atoms with Crippen LogP contribution in [-0.4, -0.2) is 35.6 Å². The van der Waals surface area contributed by atoms with Crippen LogP contribution in [0.25, 0.3) is 0 Å². The molecule has 1 N–H and O–H groups in total. The number of likely N-dealkylation sites (tertiary alicyclic amines) is 1. The first-order valence-electron chi connectivity index (χ1n) is 6.46. The molecule has 3 heteroatoms. The molecule has 98 valence electrons. The number of hydrogen-bond donors (Lipinski definition) is 1. The Morgan fingerprint density at radius 1 is 1.28 bits per heavy atom. The number of carbonyl (C=O) groups is 1. The summed E-state index contributed by atoms with van der Waals surface area (Å²) in [6.45, 7) is 7.81. The predicted octanol–water partition coefficient (Wildman–Crippen LogP) is 1.61. The molecule has 1 fully saturated rings. The number of aryl methyl sites for hydroxylation is 3. The zero-order valence-corrected chi connectivity index (χ0v) is 11.4. The van der Waals surface area contributed by atoms with Gasteiger partial charge < -0.3 is 10.0 Å². The molecule has 1 aromatic carbocycles. The first-order valence-corrected chi connectivity index (χ1v) is 6.46. The summed E-state index contributed by atoms with van der Waals surface area (Å²) in [6.07, 6.45) is 0.482. The van der Waals surface area contributed by atoms with Crippen LogP contribution in [0.3, 0.4) is 0 Å². The van der Waals surface area contributed by atoms with Crippen LogP contribution in [0.5, 0.6) is 0 Å². The first-order chi connectivity index (χ1) is 8.51. The number of benzene rings is 1. The van der Waals surface area contributed by atoms with Gasteiger partial charge in [-0.15, -0.1) is 0 Å². The molecular weight excluding hydrogens is 226 g/mol. The van der Waals surface area contributed by atoms with Crippen molar-refractivity contribution in [1.82, 2.24) is 4.90 Å². The van der Waals surface area contributed by atoms with Crippen molar-refractivity contribution < 1.29 is 9.90 Å². The van der Waals surface area contributed by atoms with Crippen molar-refractivity contribution in [2.45, 2.75) is 27.2 Å². The number of nitrogens with zero attached hydrogens (tertiary/aromatic N) is 1. The monoisotopic (exact) mass is 247 g/mol. The molecule has 18 heavy (non-hydrogen) atoms. The topological polar surface area (TPSA) is 40.5 Å². The number of hydrogen-bond acceptors (Lipinski definition) is 2. The highest BCUT2D eigenvalue weighted by Crippen LogP contribution is 2.20. The second-order valence-electron chi connectivity index (χ2n) is 5.40. The van der Waals surface area contributed by atoms with Crippen LogP contribution in [-0.2, 0) is 11.2 Å². The van der Waals surface area contributed by atoms with Crippen LogP contribution >= 0.6 is 0 Å². The molecule has 1 heterocycles. The van der Waals surface area contributed by atoms with Gasteiger partial charge in [0.15, 0.2) is 0 Å². The molecule has 1 aliphatic rings. The number of amides is 1. The summed E-state index contributed by atoms with van der Waals surface area (Å²) in [5.41, 5.74) is 4.78. The predicted molar refractivity (Wildman–Crippen MR) is 71.5 cm³/mol. The van der Waals surface area contributed by atoms with E-state index in [0.29, 0.717) is 19.5 Å². The van der Waals surface area contributed by atoms with Gasteiger partial charge in [-0.3, -0.25) is 4.79 Å². The Morgan fingerprint density at radius 3 is 2.33 bits per heavy atom. The van der Waals surface area contributed by atoms with Crippen molar-refractivity contribution in [3.05, 3.63) is 34.4 Å². The van der Waals surface area contributed by atoms with Crippen LogP contribution in [0, 0.1) is 26.7 Å². The minimum atomic E-state index is 0.176. The lowest BCUT2D eigenvalue weighted by atomic mass is 9.95. The second kappa shape index (κ2) is 5.11. The van der Waals surface area contributed by atoms with E-state index in [0.717, 1.165) is 5.56 Å². The lowest BCUT2D eigenvalue weighted by Gasteiger charge is -2.38. The van der Waals surface area contributed by atoms with Gasteiger partial charge >= 0.3 is 0 Å². The molecule has 0 atom stereocenters. The minimum Gasteiger partial charge on any atom is -0.396 e. The summed E-state index contributed by atoms with van der Waals surface area (Å²) in [5, 5.41) is 8.96. The highest BCUT2D eigenvalue weighted by Gasteiger charge is 2.29. The molecule has 1 amide bonds. The summed E-state index contributed by atoms with van der Waals surface area (Å²) >= 11 is 0. The van der Waals surface area contributed by atoms with Crippen LogP contribution in [0.1, 0.15) is 22.3 Å². The van der Waals surface area contributed by atoms with E-state index in [9.17, 15) is 4.79 Å². The molecule has 0 saturated carbocycles. The minimum absolute atomic E-state index is 0.176. The number of aliphatic hydroxyl groups excluding tert-OH is 1. The maximum Gasteiger partial charge on any atom is 0.227 e. The van der Waals surface area contributed by atoms with E-state index in [1.165, 1.54) is 16.7 Å². The van der Waals surface area contributed by atoms with E-state index in [2.05, 4.69) is 32.9 Å². The summed E-state index contributed by atoms with van der Waals surface area (Å²) in [5.74, 6) is 0.462. The number of rotatable bonds is 3. The molecule has 0 bridgehead atoms. The largest absolute Gasteiger partial charge is 0.396 e. The summed E-state index contributed by atoms with van der Waals surface area (Å²) in [7, 11) is 0. The third kappa shape index (κ3) is 2.56. The molecule has 0 aliphatic carbocycles. The maximum absolute atomic E-state index is 12.1. The zero-order chi connectivity index (χ0) is 13.3. The fourth-order valence-electron chi connectivity index (χ4n) is 2.64. The van der Waals surface area contributed by atoms with Gasteiger partial charge in [0.05, 0.1) is 6.42 Å². The van der Waals surface area contributed by atoms with Crippen LogP contribution in [0.4, 0.5) is 0 Å². The van der Waals surface area contributed by atoms with E-state index >= 15 is 0 Å². The van der Waals surface area contributed by atoms with E-state index in [1.54, 1.807) is 0 Å². The third-order valence-electron chi connectivity index (χ3n) is 3.74. The Kier molecular flexibility index (Phi) is 3.71. The van der Waals surface area contributed by atoms with Crippen molar-refractivity contribution in [2.24, 2.45) is 5.92 Å². The zero-order valence-electron chi connectivity index (χ0n) is 11.4. The van der Waals surface area contributed by atoms with Gasteiger partial charge in [0, 0.05) is 25.6 Å². The van der Waals surface area contributed by atoms with E-state index in [-0.39, 0.29) is 18.4 Å². The molecule has 1 aromatic rings. The molecule has 0 unspecified atom stereocenters. The molecule has 1 saturated heterocycles. The Balaban J connectivity index is 2.04. The summed E-state index contributed by atoms with van der Waals surface area (Å²) < 4.78 is 0. The second-order valence-corrected chi connectivity index (χ2v) is 5.40. The van der Waals surface area contributed by atoms with Gasteiger partial charge in [-0.2, -0.15) is 0 Å². The van der Waals surface area contributed by atoms with Crippen molar-refractivity contribution in [2.75, 3.05) is 19.7 Å². The Hall–Kier alpha value is -1.35. The molecule has 2 rings (SSSR count). The van der Waals surface area contributed by atoms with Crippen LogP contribution in [0.15, 0.2) is 12.1 Å². The first kappa shape index (κ1) is 13.1. The average molecular weight is 247 g/mol. The summed E-state index contributed by atoms with van der Waals surface area (Å²) in [6, 6.07) is 4.25. The quantitative estimate of drug-likeness (QED) is 0.881. The maximum atomic E-state index is 12.1. The fourth-order valence-corrected chi connectivity index (χ4v) is 2.64. The highest BCUT2D eigenvalue weighted by molar-refractivity contribution is 5.80. The SMILES string of the molecule is Cc1cc(C)c(CC(=O)N2CC(CO)C2)c(C)c1. The Labute approximate surface area is 108 Å². The van der Waals surface area contributed by atoms with Crippen molar-refractivity contribution in [3.8, 4) is 0 Å². The molecular formula is C15H21NO2. The van der Waals surface area contributed by atoms with Gasteiger partial charge in [-0.25, -0.2) is 0 Å². The smallest absolute Gasteiger partial charge is 0.227 e. The normalized spacial score (nSPS) is 15.7. The Bertz CT molecular complexity index is 439. The highest BCUT2D eigenvalue weighted by atomic mass is 16.3. The molecule has 1 aliphatic heterocycles. The molecule has 0 aromatic heterocycles. The van der Waals surface area contributed by atoms with Gasteiger partial charge in [0.1, 0.15) is 0 Å². The molecule has 0 radical (unpaired) electrons. The van der Waals surface area contributed by atoms with Gasteiger partial charge in [-0.1, -0.05) is 17.7 Å². The van der Waals surface area contributed by atoms with Gasteiger partial charge in [0.2, 0.25) is 5.91 Å². The van der Waals surface area contributed by atoms with E-state index in [1.807, 2.05) is 4.90 Å².